The number of thioether (sulfide) groups is 1. The molecule has 1 aromatic rings. The molecular weight excluding hydrogens is 268 g/mol. The largest absolute Gasteiger partial charge is 0.411 e. The van der Waals surface area contributed by atoms with E-state index in [0.29, 0.717) is 11.4 Å². The zero-order valence-corrected chi connectivity index (χ0v) is 12.3. The molecule has 1 rings (SSSR count). The first-order valence-electron chi connectivity index (χ1n) is 5.70. The van der Waals surface area contributed by atoms with Crippen molar-refractivity contribution in [1.29, 1.82) is 0 Å². The van der Waals surface area contributed by atoms with Gasteiger partial charge in [-0.25, -0.2) is 0 Å². The van der Waals surface area contributed by atoms with E-state index in [1.54, 1.807) is 23.3 Å². The van der Waals surface area contributed by atoms with Gasteiger partial charge in [-0.15, -0.1) is 0 Å². The van der Waals surface area contributed by atoms with Gasteiger partial charge >= 0.3 is 5.82 Å². The van der Waals surface area contributed by atoms with E-state index in [1.165, 1.54) is 6.33 Å². The predicted octanol–water partition coefficient (Wildman–Crippen LogP) is 2.32. The fourth-order valence-electron chi connectivity index (χ4n) is 1.76. The minimum absolute atomic E-state index is 0.167. The van der Waals surface area contributed by atoms with E-state index in [4.69, 9.17) is 5.21 Å². The van der Waals surface area contributed by atoms with Crippen LogP contribution < -0.4 is 0 Å². The average Bonchev–Trinajstić information content (AvgIpc) is 2.67. The van der Waals surface area contributed by atoms with Crippen molar-refractivity contribution >= 4 is 23.3 Å². The molecule has 0 aliphatic rings. The second-order valence-electron chi connectivity index (χ2n) is 4.90. The van der Waals surface area contributed by atoms with Crippen molar-refractivity contribution in [1.82, 2.24) is 9.55 Å². The Labute approximate surface area is 115 Å². The number of imidazole rings is 1. The van der Waals surface area contributed by atoms with E-state index in [0.717, 1.165) is 5.75 Å². The van der Waals surface area contributed by atoms with Crippen molar-refractivity contribution < 1.29 is 10.1 Å². The van der Waals surface area contributed by atoms with E-state index in [9.17, 15) is 10.1 Å². The van der Waals surface area contributed by atoms with Crippen LogP contribution in [0.3, 0.4) is 0 Å². The summed E-state index contributed by atoms with van der Waals surface area (Å²) in [6, 6.07) is 0. The normalized spacial score (nSPS) is 12.7. The van der Waals surface area contributed by atoms with Gasteiger partial charge in [0.25, 0.3) is 0 Å². The summed E-state index contributed by atoms with van der Waals surface area (Å²) in [5.74, 6) is 0.627. The first kappa shape index (κ1) is 15.5. The van der Waals surface area contributed by atoms with Gasteiger partial charge in [-0.05, 0) is 23.1 Å². The van der Waals surface area contributed by atoms with Crippen molar-refractivity contribution in [3.05, 3.63) is 22.1 Å². The van der Waals surface area contributed by atoms with Crippen LogP contribution in [-0.2, 0) is 6.54 Å². The summed E-state index contributed by atoms with van der Waals surface area (Å²) in [6.07, 6.45) is 3.37. The summed E-state index contributed by atoms with van der Waals surface area (Å²) in [4.78, 5) is 14.0. The number of hydrogen-bond donors (Lipinski definition) is 1. The summed E-state index contributed by atoms with van der Waals surface area (Å²) < 4.78 is 1.62. The van der Waals surface area contributed by atoms with Gasteiger partial charge in [-0.2, -0.15) is 11.8 Å². The van der Waals surface area contributed by atoms with E-state index in [1.807, 2.05) is 20.1 Å². The van der Waals surface area contributed by atoms with Crippen LogP contribution in [0.25, 0.3) is 0 Å². The van der Waals surface area contributed by atoms with E-state index in [2.05, 4.69) is 10.1 Å². The SMILES string of the molecule is CSCC(C)(C)C(Cn1cnc([N+](=O)[O-])c1C)=NO. The van der Waals surface area contributed by atoms with Gasteiger partial charge in [0, 0.05) is 11.2 Å². The Morgan fingerprint density at radius 3 is 2.74 bits per heavy atom. The summed E-state index contributed by atoms with van der Waals surface area (Å²) in [5, 5.41) is 23.3. The van der Waals surface area contributed by atoms with Crippen LogP contribution >= 0.6 is 11.8 Å². The Kier molecular flexibility index (Phi) is 4.93. The summed E-state index contributed by atoms with van der Waals surface area (Å²) in [6.45, 7) is 5.86. The van der Waals surface area contributed by atoms with Gasteiger partial charge in [0.15, 0.2) is 0 Å². The molecule has 0 aliphatic heterocycles. The molecule has 7 nitrogen and oxygen atoms in total. The molecular formula is C11H18N4O3S. The fourth-order valence-corrected chi connectivity index (χ4v) is 2.65. The molecule has 0 aromatic carbocycles. The van der Waals surface area contributed by atoms with Crippen LogP contribution in [0.5, 0.6) is 0 Å². The first-order chi connectivity index (χ1) is 8.83. The third kappa shape index (κ3) is 3.46. The van der Waals surface area contributed by atoms with Gasteiger partial charge in [0.05, 0.1) is 12.3 Å². The lowest BCUT2D eigenvalue weighted by molar-refractivity contribution is -0.389. The lowest BCUT2D eigenvalue weighted by Crippen LogP contribution is -2.31. The summed E-state index contributed by atoms with van der Waals surface area (Å²) >= 11 is 1.65. The maximum atomic E-state index is 10.7. The molecule has 0 radical (unpaired) electrons. The maximum absolute atomic E-state index is 10.7. The van der Waals surface area contributed by atoms with Crippen molar-refractivity contribution in [2.24, 2.45) is 10.6 Å². The first-order valence-corrected chi connectivity index (χ1v) is 7.09. The van der Waals surface area contributed by atoms with E-state index in [-0.39, 0.29) is 17.8 Å². The second-order valence-corrected chi connectivity index (χ2v) is 5.77. The minimum atomic E-state index is -0.519. The number of oxime groups is 1. The van der Waals surface area contributed by atoms with Gasteiger partial charge in [-0.1, -0.05) is 19.0 Å². The zero-order valence-electron chi connectivity index (χ0n) is 11.5. The Hall–Kier alpha value is -1.57. The molecule has 0 saturated carbocycles. The van der Waals surface area contributed by atoms with Crippen molar-refractivity contribution in [3.8, 4) is 0 Å². The van der Waals surface area contributed by atoms with Crippen LogP contribution in [0.15, 0.2) is 11.5 Å². The molecule has 106 valence electrons. The van der Waals surface area contributed by atoms with Gasteiger partial charge < -0.3 is 19.9 Å². The van der Waals surface area contributed by atoms with Gasteiger partial charge in [0.1, 0.15) is 5.69 Å². The quantitative estimate of drug-likeness (QED) is 0.375. The highest BCUT2D eigenvalue weighted by molar-refractivity contribution is 7.98. The topological polar surface area (TPSA) is 93.5 Å². The minimum Gasteiger partial charge on any atom is -0.411 e. The van der Waals surface area contributed by atoms with Crippen molar-refractivity contribution in [2.75, 3.05) is 12.0 Å². The average molecular weight is 286 g/mol. The predicted molar refractivity (Wildman–Crippen MR) is 75.0 cm³/mol. The molecule has 1 N–H and O–H groups in total. The molecule has 0 unspecified atom stereocenters. The molecule has 0 spiro atoms. The Morgan fingerprint density at radius 2 is 2.32 bits per heavy atom. The molecule has 1 aromatic heterocycles. The van der Waals surface area contributed by atoms with Crippen LogP contribution in [0.2, 0.25) is 0 Å². The lowest BCUT2D eigenvalue weighted by Gasteiger charge is -2.24. The molecule has 0 fully saturated rings. The molecule has 0 saturated heterocycles. The Balaban J connectivity index is 2.98. The number of aromatic nitrogens is 2. The van der Waals surface area contributed by atoms with Crippen molar-refractivity contribution in [3.63, 3.8) is 0 Å². The third-order valence-corrected chi connectivity index (χ3v) is 3.98. The van der Waals surface area contributed by atoms with Gasteiger partial charge in [-0.3, -0.25) is 0 Å². The summed E-state index contributed by atoms with van der Waals surface area (Å²) in [7, 11) is 0. The van der Waals surface area contributed by atoms with E-state index >= 15 is 0 Å². The van der Waals surface area contributed by atoms with Crippen LogP contribution in [0.4, 0.5) is 5.82 Å². The Bertz CT molecular complexity index is 496. The highest BCUT2D eigenvalue weighted by Gasteiger charge is 2.27. The maximum Gasteiger partial charge on any atom is 0.384 e. The van der Waals surface area contributed by atoms with Crippen LogP contribution in [-0.4, -0.2) is 37.4 Å². The van der Waals surface area contributed by atoms with E-state index < -0.39 is 4.92 Å². The molecule has 19 heavy (non-hydrogen) atoms. The lowest BCUT2D eigenvalue weighted by atomic mass is 9.89. The molecule has 8 heteroatoms. The number of rotatable bonds is 6. The standard InChI is InChI=1S/C11H18N4O3S/c1-8-10(15(17)18)12-7-14(8)5-9(13-16)11(2,3)6-19-4/h7,16H,5-6H2,1-4H3. The third-order valence-electron chi connectivity index (χ3n) is 2.97. The molecule has 0 bridgehead atoms. The highest BCUT2D eigenvalue weighted by atomic mass is 32.2. The zero-order chi connectivity index (χ0) is 14.6. The number of hydrogen-bond acceptors (Lipinski definition) is 6. The Morgan fingerprint density at radius 1 is 1.68 bits per heavy atom. The van der Waals surface area contributed by atoms with Crippen LogP contribution in [0, 0.1) is 22.5 Å². The van der Waals surface area contributed by atoms with Gasteiger partial charge in [0.2, 0.25) is 6.33 Å². The highest BCUT2D eigenvalue weighted by Crippen LogP contribution is 2.24. The molecule has 0 aliphatic carbocycles. The second kappa shape index (κ2) is 6.05. The number of nitrogens with zero attached hydrogens (tertiary/aromatic N) is 4. The fraction of sp³-hybridized carbons (Fsp3) is 0.636. The number of nitro groups is 1. The molecule has 0 atom stereocenters. The van der Waals surface area contributed by atoms with Crippen LogP contribution in [0.1, 0.15) is 19.5 Å². The smallest absolute Gasteiger partial charge is 0.384 e. The van der Waals surface area contributed by atoms with Crippen molar-refractivity contribution in [2.45, 2.75) is 27.3 Å². The monoisotopic (exact) mass is 286 g/mol. The summed E-state index contributed by atoms with van der Waals surface area (Å²) in [5.41, 5.74) is 0.725. The molecule has 0 amide bonds. The molecule has 1 heterocycles.